The lowest BCUT2D eigenvalue weighted by molar-refractivity contribution is -0.315. The van der Waals surface area contributed by atoms with Gasteiger partial charge in [0.15, 0.2) is 0 Å². The summed E-state index contributed by atoms with van der Waals surface area (Å²) in [6.07, 6.45) is 2.63. The minimum absolute atomic E-state index is 0.0425. The number of aliphatic carboxylic acids is 3. The summed E-state index contributed by atoms with van der Waals surface area (Å²) in [5, 5.41) is 48.7. The smallest absolute Gasteiger partial charge is 0.330 e. The molecule has 0 atom stereocenters. The summed E-state index contributed by atoms with van der Waals surface area (Å²) in [7, 11) is 0. The lowest BCUT2D eigenvalue weighted by Gasteiger charge is -2.12. The Morgan fingerprint density at radius 2 is 0.926 bits per heavy atom. The van der Waals surface area contributed by atoms with Gasteiger partial charge in [0.1, 0.15) is 0 Å². The Morgan fingerprint density at radius 1 is 0.704 bits per heavy atom. The predicted molar refractivity (Wildman–Crippen MR) is 101 cm³/mol. The summed E-state index contributed by atoms with van der Waals surface area (Å²) in [5.74, 6) is -5.25. The molecule has 0 bridgehead atoms. The van der Waals surface area contributed by atoms with Crippen LogP contribution >= 0.6 is 0 Å². The van der Waals surface area contributed by atoms with Gasteiger partial charge in [-0.15, -0.1) is 0 Å². The zero-order chi connectivity index (χ0) is 22.8. The van der Waals surface area contributed by atoms with E-state index in [0.29, 0.717) is 6.42 Å². The third-order valence-electron chi connectivity index (χ3n) is 2.21. The largest absolute Gasteiger partial charge is 0.478 e. The maximum atomic E-state index is 9.60. The summed E-state index contributed by atoms with van der Waals surface area (Å²) >= 11 is 0. The third kappa shape index (κ3) is 45.2. The predicted octanol–water partition coefficient (Wildman–Crippen LogP) is 2.14. The Balaban J connectivity index is -0.000000133. The van der Waals surface area contributed by atoms with Gasteiger partial charge in [0.25, 0.3) is 5.97 Å². The van der Waals surface area contributed by atoms with Crippen LogP contribution in [0.5, 0.6) is 0 Å². The van der Waals surface area contributed by atoms with Crippen LogP contribution in [0.1, 0.15) is 53.4 Å². The molecule has 27 heavy (non-hydrogen) atoms. The van der Waals surface area contributed by atoms with Gasteiger partial charge < -0.3 is 30.6 Å². The molecule has 0 spiro atoms. The van der Waals surface area contributed by atoms with E-state index in [2.05, 4.69) is 19.7 Å². The lowest BCUT2D eigenvalue weighted by Crippen LogP contribution is -2.26. The van der Waals surface area contributed by atoms with E-state index in [4.69, 9.17) is 30.6 Å². The normalized spacial score (nSPS) is 9.00. The van der Waals surface area contributed by atoms with E-state index in [9.17, 15) is 14.4 Å². The van der Waals surface area contributed by atoms with E-state index >= 15 is 0 Å². The van der Waals surface area contributed by atoms with Gasteiger partial charge in [-0.3, -0.25) is 0 Å². The maximum absolute atomic E-state index is 9.60. The molecule has 0 saturated heterocycles. The van der Waals surface area contributed by atoms with Gasteiger partial charge in [-0.2, -0.15) is 0 Å². The van der Waals surface area contributed by atoms with Crippen molar-refractivity contribution in [3.8, 4) is 0 Å². The molecular weight excluding hydrogens is 360 g/mol. The molecule has 0 rings (SSSR count). The van der Waals surface area contributed by atoms with Crippen LogP contribution in [0.4, 0.5) is 0 Å². The summed E-state index contributed by atoms with van der Waals surface area (Å²) in [4.78, 5) is 28.8. The van der Waals surface area contributed by atoms with E-state index in [1.807, 2.05) is 6.92 Å². The van der Waals surface area contributed by atoms with Crippen molar-refractivity contribution < 1.29 is 45.0 Å². The van der Waals surface area contributed by atoms with Crippen molar-refractivity contribution in [1.29, 1.82) is 0 Å². The molecule has 0 aromatic carbocycles. The quantitative estimate of drug-likeness (QED) is 0.215. The van der Waals surface area contributed by atoms with Gasteiger partial charge in [0.2, 0.25) is 0 Å². The van der Waals surface area contributed by atoms with Gasteiger partial charge in [-0.25, -0.2) is 14.4 Å². The number of carbonyl (C=O) groups is 3. The molecular formula is C18H32O9. The van der Waals surface area contributed by atoms with Gasteiger partial charge in [0.05, 0.1) is 0 Å². The van der Waals surface area contributed by atoms with Crippen molar-refractivity contribution in [1.82, 2.24) is 0 Å². The van der Waals surface area contributed by atoms with Crippen molar-refractivity contribution in [2.45, 2.75) is 59.4 Å². The van der Waals surface area contributed by atoms with E-state index in [-0.39, 0.29) is 23.1 Å². The fraction of sp³-hybridized carbons (Fsp3) is 0.500. The summed E-state index contributed by atoms with van der Waals surface area (Å²) in [6, 6.07) is 0. The minimum Gasteiger partial charge on any atom is -0.478 e. The van der Waals surface area contributed by atoms with E-state index < -0.39 is 23.9 Å². The molecule has 0 radical (unpaired) electrons. The van der Waals surface area contributed by atoms with Gasteiger partial charge in [-0.1, -0.05) is 39.5 Å². The van der Waals surface area contributed by atoms with Crippen LogP contribution in [0.25, 0.3) is 0 Å². The van der Waals surface area contributed by atoms with Crippen LogP contribution in [0.2, 0.25) is 0 Å². The Hall–Kier alpha value is -2.49. The molecule has 158 valence electrons. The first-order valence-electron chi connectivity index (χ1n) is 7.83. The molecule has 9 nitrogen and oxygen atoms in total. The molecule has 0 aromatic rings. The van der Waals surface area contributed by atoms with Gasteiger partial charge >= 0.3 is 17.9 Å². The SMILES string of the molecule is C=C(C)C(=O)O.C=C(C)C(=O)O.C=C(C)C(=O)O.CCCCCC(O)(O)O. The van der Waals surface area contributed by atoms with Crippen LogP contribution in [0, 0.1) is 0 Å². The van der Waals surface area contributed by atoms with Crippen molar-refractivity contribution >= 4 is 17.9 Å². The number of rotatable bonds is 7. The van der Waals surface area contributed by atoms with Crippen LogP contribution in [0.3, 0.4) is 0 Å². The van der Waals surface area contributed by atoms with E-state index in [0.717, 1.165) is 12.8 Å². The van der Waals surface area contributed by atoms with E-state index in [1.54, 1.807) is 0 Å². The minimum atomic E-state index is -2.45. The van der Waals surface area contributed by atoms with Crippen molar-refractivity contribution in [2.24, 2.45) is 0 Å². The first kappa shape index (κ1) is 32.2. The number of carboxylic acid groups (broad SMARTS) is 3. The summed E-state index contributed by atoms with van der Waals surface area (Å²) in [5.41, 5.74) is 0.528. The highest BCUT2D eigenvalue weighted by Gasteiger charge is 2.15. The second-order valence-corrected chi connectivity index (χ2v) is 5.49. The Morgan fingerprint density at radius 3 is 1.04 bits per heavy atom. The average molecular weight is 392 g/mol. The average Bonchev–Trinajstić information content (AvgIpc) is 2.47. The summed E-state index contributed by atoms with van der Waals surface area (Å²) in [6.45, 7) is 15.8. The monoisotopic (exact) mass is 392 g/mol. The second kappa shape index (κ2) is 18.3. The fourth-order valence-corrected chi connectivity index (χ4v) is 0.612. The standard InChI is InChI=1S/C6H14O3.3C4H6O2/c1-2-3-4-5-6(7,8)9;3*1-3(2)4(5)6/h7-9H,2-5H2,1H3;3*1H2,2H3,(H,5,6). The van der Waals surface area contributed by atoms with Crippen LogP contribution in [-0.2, 0) is 14.4 Å². The molecule has 0 saturated carbocycles. The molecule has 0 aromatic heterocycles. The fourth-order valence-electron chi connectivity index (χ4n) is 0.612. The molecule has 0 fully saturated rings. The van der Waals surface area contributed by atoms with Crippen LogP contribution in [-0.4, -0.2) is 54.5 Å². The molecule has 0 heterocycles. The number of hydrogen-bond donors (Lipinski definition) is 6. The zero-order valence-electron chi connectivity index (χ0n) is 16.4. The Kier molecular flexibility index (Phi) is 21.8. The molecule has 9 heteroatoms. The number of unbranched alkanes of at least 4 members (excludes halogenated alkanes) is 2. The molecule has 0 aliphatic carbocycles. The second-order valence-electron chi connectivity index (χ2n) is 5.49. The van der Waals surface area contributed by atoms with Crippen LogP contribution in [0.15, 0.2) is 36.5 Å². The number of aliphatic hydroxyl groups is 3. The number of hydrogen-bond acceptors (Lipinski definition) is 6. The highest BCUT2D eigenvalue weighted by atomic mass is 16.7. The van der Waals surface area contributed by atoms with Gasteiger partial charge in [-0.05, 0) is 27.2 Å². The van der Waals surface area contributed by atoms with Crippen molar-refractivity contribution in [3.05, 3.63) is 36.5 Å². The molecule has 0 amide bonds. The zero-order valence-corrected chi connectivity index (χ0v) is 16.4. The Bertz CT molecular complexity index is 406. The summed E-state index contributed by atoms with van der Waals surface area (Å²) < 4.78 is 0. The molecule has 0 aliphatic rings. The van der Waals surface area contributed by atoms with Crippen molar-refractivity contribution in [2.75, 3.05) is 0 Å². The highest BCUT2D eigenvalue weighted by Crippen LogP contribution is 2.07. The lowest BCUT2D eigenvalue weighted by atomic mass is 10.2. The third-order valence-corrected chi connectivity index (χ3v) is 2.21. The molecule has 6 N–H and O–H groups in total. The van der Waals surface area contributed by atoms with Crippen molar-refractivity contribution in [3.63, 3.8) is 0 Å². The topological polar surface area (TPSA) is 173 Å². The Labute approximate surface area is 159 Å². The number of carboxylic acids is 3. The van der Waals surface area contributed by atoms with E-state index in [1.165, 1.54) is 20.8 Å². The molecule has 0 aliphatic heterocycles. The highest BCUT2D eigenvalue weighted by molar-refractivity contribution is 5.85. The first-order valence-corrected chi connectivity index (χ1v) is 7.83. The first-order chi connectivity index (χ1) is 12.0. The maximum Gasteiger partial charge on any atom is 0.330 e. The van der Waals surface area contributed by atoms with Gasteiger partial charge in [0, 0.05) is 23.1 Å². The molecule has 0 unspecified atom stereocenters. The van der Waals surface area contributed by atoms with Crippen LogP contribution < -0.4 is 0 Å².